The van der Waals surface area contributed by atoms with E-state index in [-0.39, 0.29) is 0 Å². The number of carbonyl (C=O) groups excluding carboxylic acids is 2. The molecule has 104 valence electrons. The summed E-state index contributed by atoms with van der Waals surface area (Å²) in [7, 11) is 0. The number of halogens is 2. The summed E-state index contributed by atoms with van der Waals surface area (Å²) in [4.78, 5) is 22.7. The average molecular weight is 271 g/mol. The van der Waals surface area contributed by atoms with Gasteiger partial charge in [0.1, 0.15) is 23.4 Å². The molecule has 0 aliphatic heterocycles. The molecule has 0 saturated carbocycles. The van der Waals surface area contributed by atoms with E-state index in [2.05, 4.69) is 10.6 Å². The van der Waals surface area contributed by atoms with Gasteiger partial charge in [-0.3, -0.25) is 10.1 Å². The smallest absolute Gasteiger partial charge is 0.321 e. The van der Waals surface area contributed by atoms with Gasteiger partial charge in [-0.25, -0.2) is 13.6 Å². The maximum Gasteiger partial charge on any atom is 0.321 e. The van der Waals surface area contributed by atoms with E-state index in [0.717, 1.165) is 12.1 Å². The summed E-state index contributed by atoms with van der Waals surface area (Å²) in [5.74, 6) is -2.30. The molecule has 0 aliphatic carbocycles. The van der Waals surface area contributed by atoms with Crippen molar-refractivity contribution in [3.05, 3.63) is 29.8 Å². The van der Waals surface area contributed by atoms with Crippen LogP contribution >= 0.6 is 0 Å². The van der Waals surface area contributed by atoms with E-state index in [9.17, 15) is 18.4 Å². The van der Waals surface area contributed by atoms with E-state index in [4.69, 9.17) is 0 Å². The average Bonchev–Trinajstić information content (AvgIpc) is 2.34. The maximum absolute atomic E-state index is 13.3. The van der Waals surface area contributed by atoms with E-state index >= 15 is 0 Å². The highest BCUT2D eigenvalue weighted by atomic mass is 19.1. The minimum absolute atomic E-state index is 0.364. The van der Waals surface area contributed by atoms with Crippen LogP contribution in [0.1, 0.15) is 13.8 Å². The predicted molar refractivity (Wildman–Crippen MR) is 66.7 cm³/mol. The quantitative estimate of drug-likeness (QED) is 0.779. The first-order valence-corrected chi connectivity index (χ1v) is 5.75. The number of benzene rings is 1. The van der Waals surface area contributed by atoms with Gasteiger partial charge in [-0.1, -0.05) is 6.07 Å². The Morgan fingerprint density at radius 1 is 1.26 bits per heavy atom. The molecule has 0 saturated heterocycles. The van der Waals surface area contributed by atoms with Gasteiger partial charge in [-0.05, 0) is 26.0 Å². The number of nitrogens with one attached hydrogen (secondary N) is 3. The fourth-order valence-electron chi connectivity index (χ4n) is 1.34. The second-order valence-electron chi connectivity index (χ2n) is 3.81. The van der Waals surface area contributed by atoms with Gasteiger partial charge in [-0.15, -0.1) is 0 Å². The van der Waals surface area contributed by atoms with Crippen LogP contribution in [-0.4, -0.2) is 24.5 Å². The van der Waals surface area contributed by atoms with Crippen LogP contribution in [0, 0.1) is 11.6 Å². The van der Waals surface area contributed by atoms with Crippen LogP contribution in [0.15, 0.2) is 18.2 Å². The lowest BCUT2D eigenvalue weighted by Crippen LogP contribution is -2.45. The molecule has 1 atom stereocenters. The highest BCUT2D eigenvalue weighted by Crippen LogP contribution is 2.18. The SMILES string of the molecule is CCNC(=O)NC(=O)C(C)Nc1c(F)cccc1F. The number of urea groups is 1. The van der Waals surface area contributed by atoms with Gasteiger partial charge in [0.05, 0.1) is 0 Å². The Labute approximate surface area is 109 Å². The van der Waals surface area contributed by atoms with Crippen molar-refractivity contribution < 1.29 is 18.4 Å². The monoisotopic (exact) mass is 271 g/mol. The van der Waals surface area contributed by atoms with E-state index in [1.54, 1.807) is 6.92 Å². The van der Waals surface area contributed by atoms with E-state index in [1.807, 2.05) is 5.32 Å². The summed E-state index contributed by atoms with van der Waals surface area (Å²) >= 11 is 0. The van der Waals surface area contributed by atoms with Crippen molar-refractivity contribution in [3.63, 3.8) is 0 Å². The molecule has 1 unspecified atom stereocenters. The molecule has 0 aromatic heterocycles. The van der Waals surface area contributed by atoms with Crippen molar-refractivity contribution >= 4 is 17.6 Å². The van der Waals surface area contributed by atoms with E-state index < -0.39 is 35.3 Å². The highest BCUT2D eigenvalue weighted by molar-refractivity contribution is 5.97. The molecule has 0 spiro atoms. The van der Waals surface area contributed by atoms with Crippen LogP contribution in [0.25, 0.3) is 0 Å². The normalized spacial score (nSPS) is 11.6. The molecule has 19 heavy (non-hydrogen) atoms. The first-order valence-electron chi connectivity index (χ1n) is 5.75. The largest absolute Gasteiger partial charge is 0.369 e. The van der Waals surface area contributed by atoms with Gasteiger partial charge in [-0.2, -0.15) is 0 Å². The second kappa shape index (κ2) is 6.67. The topological polar surface area (TPSA) is 70.2 Å². The molecular weight excluding hydrogens is 256 g/mol. The van der Waals surface area contributed by atoms with Crippen LogP contribution in [0.3, 0.4) is 0 Å². The Kier molecular flexibility index (Phi) is 5.23. The minimum Gasteiger partial charge on any atom is -0.369 e. The summed E-state index contributed by atoms with van der Waals surface area (Å²) in [5, 5.41) is 6.80. The third-order valence-corrected chi connectivity index (χ3v) is 2.29. The van der Waals surface area contributed by atoms with Crippen LogP contribution in [0.4, 0.5) is 19.3 Å². The third-order valence-electron chi connectivity index (χ3n) is 2.29. The van der Waals surface area contributed by atoms with Gasteiger partial charge in [0.15, 0.2) is 0 Å². The number of rotatable bonds is 4. The number of anilines is 1. The number of hydrogen-bond acceptors (Lipinski definition) is 3. The Morgan fingerprint density at radius 2 is 1.84 bits per heavy atom. The molecule has 0 radical (unpaired) electrons. The number of carbonyl (C=O) groups is 2. The molecule has 7 heteroatoms. The molecule has 3 amide bonds. The lowest BCUT2D eigenvalue weighted by Gasteiger charge is -2.15. The third kappa shape index (κ3) is 4.20. The lowest BCUT2D eigenvalue weighted by atomic mass is 10.2. The molecule has 5 nitrogen and oxygen atoms in total. The fraction of sp³-hybridized carbons (Fsp3) is 0.333. The minimum atomic E-state index is -0.964. The van der Waals surface area contributed by atoms with Crippen molar-refractivity contribution in [1.29, 1.82) is 0 Å². The van der Waals surface area contributed by atoms with Crippen molar-refractivity contribution in [2.45, 2.75) is 19.9 Å². The standard InChI is InChI=1S/C12H15F2N3O2/c1-3-15-12(19)17-11(18)7(2)16-10-8(13)5-4-6-9(10)14/h4-7,16H,3H2,1-2H3,(H2,15,17,18,19). The molecule has 0 heterocycles. The van der Waals surface area contributed by atoms with Crippen molar-refractivity contribution in [3.8, 4) is 0 Å². The first-order chi connectivity index (χ1) is 8.95. The molecule has 1 aromatic carbocycles. The first kappa shape index (κ1) is 14.9. The number of imide groups is 1. The summed E-state index contributed by atoms with van der Waals surface area (Å²) < 4.78 is 26.7. The summed E-state index contributed by atoms with van der Waals surface area (Å²) in [6.07, 6.45) is 0. The summed E-state index contributed by atoms with van der Waals surface area (Å²) in [5.41, 5.74) is -0.402. The predicted octanol–water partition coefficient (Wildman–Crippen LogP) is 1.61. The lowest BCUT2D eigenvalue weighted by molar-refractivity contribution is -0.120. The van der Waals surface area contributed by atoms with Gasteiger partial charge in [0.25, 0.3) is 0 Å². The molecule has 3 N–H and O–H groups in total. The Hall–Kier alpha value is -2.18. The van der Waals surface area contributed by atoms with Crippen molar-refractivity contribution in [2.75, 3.05) is 11.9 Å². The zero-order chi connectivity index (χ0) is 14.4. The summed E-state index contributed by atoms with van der Waals surface area (Å²) in [6, 6.07) is 1.73. The van der Waals surface area contributed by atoms with Crippen LogP contribution < -0.4 is 16.0 Å². The van der Waals surface area contributed by atoms with Crippen LogP contribution in [0.2, 0.25) is 0 Å². The molecule has 1 aromatic rings. The molecule has 0 bridgehead atoms. The van der Waals surface area contributed by atoms with Crippen molar-refractivity contribution in [2.24, 2.45) is 0 Å². The molecule has 0 fully saturated rings. The molecule has 0 aliphatic rings. The molecular formula is C12H15F2N3O2. The maximum atomic E-state index is 13.3. The Morgan fingerprint density at radius 3 is 2.37 bits per heavy atom. The van der Waals surface area contributed by atoms with Crippen LogP contribution in [0.5, 0.6) is 0 Å². The number of para-hydroxylation sites is 1. The van der Waals surface area contributed by atoms with E-state index in [0.29, 0.717) is 6.54 Å². The summed E-state index contributed by atoms with van der Waals surface area (Å²) in [6.45, 7) is 3.45. The van der Waals surface area contributed by atoms with E-state index in [1.165, 1.54) is 13.0 Å². The second-order valence-corrected chi connectivity index (χ2v) is 3.81. The van der Waals surface area contributed by atoms with Gasteiger partial charge >= 0.3 is 6.03 Å². The van der Waals surface area contributed by atoms with Gasteiger partial charge < -0.3 is 10.6 Å². The zero-order valence-corrected chi connectivity index (χ0v) is 10.6. The number of amides is 3. The Bertz CT molecular complexity index is 460. The van der Waals surface area contributed by atoms with Gasteiger partial charge in [0, 0.05) is 6.54 Å². The fourth-order valence-corrected chi connectivity index (χ4v) is 1.34. The Balaban J connectivity index is 2.66. The van der Waals surface area contributed by atoms with Gasteiger partial charge in [0.2, 0.25) is 5.91 Å². The highest BCUT2D eigenvalue weighted by Gasteiger charge is 2.18. The molecule has 1 rings (SSSR count). The zero-order valence-electron chi connectivity index (χ0n) is 10.6. The van der Waals surface area contributed by atoms with Crippen LogP contribution in [-0.2, 0) is 4.79 Å². The number of hydrogen-bond donors (Lipinski definition) is 3. The van der Waals surface area contributed by atoms with Crippen molar-refractivity contribution in [1.82, 2.24) is 10.6 Å².